The number of carbonyl (C=O) groups is 1. The van der Waals surface area contributed by atoms with E-state index in [0.717, 1.165) is 19.6 Å². The van der Waals surface area contributed by atoms with Crippen molar-refractivity contribution in [3.63, 3.8) is 0 Å². The van der Waals surface area contributed by atoms with E-state index in [1.54, 1.807) is 4.90 Å². The van der Waals surface area contributed by atoms with Crippen LogP contribution >= 0.6 is 0 Å². The molecule has 0 aromatic rings. The van der Waals surface area contributed by atoms with E-state index >= 15 is 0 Å². The zero-order chi connectivity index (χ0) is 11.5. The monoisotopic (exact) mass is 212 g/mol. The third-order valence-corrected chi connectivity index (χ3v) is 2.08. The zero-order valence-corrected chi connectivity index (χ0v) is 9.75. The molecule has 0 aromatic heterocycles. The van der Waals surface area contributed by atoms with Gasteiger partial charge in [-0.1, -0.05) is 6.08 Å². The number of hydrogen-bond acceptors (Lipinski definition) is 3. The van der Waals surface area contributed by atoms with Gasteiger partial charge in [0.1, 0.15) is 5.60 Å². The zero-order valence-electron chi connectivity index (χ0n) is 9.75. The van der Waals surface area contributed by atoms with Crippen LogP contribution in [0.1, 0.15) is 20.8 Å². The van der Waals surface area contributed by atoms with Crippen molar-refractivity contribution in [1.29, 1.82) is 0 Å². The van der Waals surface area contributed by atoms with Crippen LogP contribution in [0.2, 0.25) is 0 Å². The predicted octanol–water partition coefficient (Wildman–Crippen LogP) is 1.38. The summed E-state index contributed by atoms with van der Waals surface area (Å²) in [6.07, 6.45) is 1.59. The van der Waals surface area contributed by atoms with Crippen molar-refractivity contribution in [3.05, 3.63) is 12.7 Å². The van der Waals surface area contributed by atoms with E-state index < -0.39 is 5.60 Å². The SMILES string of the molecule is C=CCNC1CN(C(=O)OC(C)(C)C)C1. The number of amides is 1. The normalized spacial score (nSPS) is 17.1. The Bertz CT molecular complexity index is 239. The fraction of sp³-hybridized carbons (Fsp3) is 0.727. The van der Waals surface area contributed by atoms with Crippen LogP contribution in [-0.4, -0.2) is 42.3 Å². The molecule has 1 N–H and O–H groups in total. The molecular weight excluding hydrogens is 192 g/mol. The number of likely N-dealkylation sites (tertiary alicyclic amines) is 1. The third-order valence-electron chi connectivity index (χ3n) is 2.08. The van der Waals surface area contributed by atoms with Gasteiger partial charge in [0.2, 0.25) is 0 Å². The minimum Gasteiger partial charge on any atom is -0.444 e. The largest absolute Gasteiger partial charge is 0.444 e. The van der Waals surface area contributed by atoms with Gasteiger partial charge in [-0.25, -0.2) is 4.79 Å². The Labute approximate surface area is 91.3 Å². The lowest BCUT2D eigenvalue weighted by Crippen LogP contribution is -2.60. The average molecular weight is 212 g/mol. The number of nitrogens with zero attached hydrogens (tertiary/aromatic N) is 1. The second-order valence-electron chi connectivity index (χ2n) is 4.78. The van der Waals surface area contributed by atoms with Crippen molar-refractivity contribution in [2.75, 3.05) is 19.6 Å². The Morgan fingerprint density at radius 3 is 2.67 bits per heavy atom. The van der Waals surface area contributed by atoms with Gasteiger partial charge in [0.05, 0.1) is 0 Å². The molecule has 0 spiro atoms. The molecule has 0 bridgehead atoms. The predicted molar refractivity (Wildman–Crippen MR) is 59.8 cm³/mol. The molecule has 86 valence electrons. The topological polar surface area (TPSA) is 41.6 Å². The number of ether oxygens (including phenoxy) is 1. The summed E-state index contributed by atoms with van der Waals surface area (Å²) in [6.45, 7) is 11.5. The van der Waals surface area contributed by atoms with Gasteiger partial charge in [0.15, 0.2) is 0 Å². The molecule has 1 fully saturated rings. The molecule has 1 rings (SSSR count). The van der Waals surface area contributed by atoms with Gasteiger partial charge in [-0.3, -0.25) is 0 Å². The highest BCUT2D eigenvalue weighted by Gasteiger charge is 2.32. The Balaban J connectivity index is 2.21. The van der Waals surface area contributed by atoms with E-state index in [1.807, 2.05) is 26.8 Å². The van der Waals surface area contributed by atoms with Crippen LogP contribution < -0.4 is 5.32 Å². The van der Waals surface area contributed by atoms with Crippen molar-refractivity contribution >= 4 is 6.09 Å². The minimum atomic E-state index is -0.406. The second-order valence-corrected chi connectivity index (χ2v) is 4.78. The molecule has 4 nitrogen and oxygen atoms in total. The lowest BCUT2D eigenvalue weighted by Gasteiger charge is -2.40. The van der Waals surface area contributed by atoms with Crippen molar-refractivity contribution in [1.82, 2.24) is 10.2 Å². The molecule has 0 aromatic carbocycles. The van der Waals surface area contributed by atoms with Crippen LogP contribution in [-0.2, 0) is 4.74 Å². The molecular formula is C11H20N2O2. The summed E-state index contributed by atoms with van der Waals surface area (Å²) in [7, 11) is 0. The molecule has 0 atom stereocenters. The summed E-state index contributed by atoms with van der Waals surface area (Å²) in [5, 5.41) is 3.25. The molecule has 1 aliphatic heterocycles. The summed E-state index contributed by atoms with van der Waals surface area (Å²) >= 11 is 0. The third kappa shape index (κ3) is 3.91. The highest BCUT2D eigenvalue weighted by molar-refractivity contribution is 5.69. The summed E-state index contributed by atoms with van der Waals surface area (Å²) < 4.78 is 5.23. The van der Waals surface area contributed by atoms with Gasteiger partial charge in [-0.15, -0.1) is 6.58 Å². The maximum Gasteiger partial charge on any atom is 0.410 e. The lowest BCUT2D eigenvalue weighted by atomic mass is 10.1. The highest BCUT2D eigenvalue weighted by atomic mass is 16.6. The Morgan fingerprint density at radius 1 is 1.60 bits per heavy atom. The van der Waals surface area contributed by atoms with Gasteiger partial charge < -0.3 is 15.0 Å². The maximum absolute atomic E-state index is 11.5. The van der Waals surface area contributed by atoms with E-state index in [4.69, 9.17) is 4.74 Å². The average Bonchev–Trinajstić information content (AvgIpc) is 1.98. The first-order valence-corrected chi connectivity index (χ1v) is 5.24. The molecule has 15 heavy (non-hydrogen) atoms. The summed E-state index contributed by atoms with van der Waals surface area (Å²) in [6, 6.07) is 0.385. The van der Waals surface area contributed by atoms with Gasteiger partial charge in [-0.2, -0.15) is 0 Å². The summed E-state index contributed by atoms with van der Waals surface area (Å²) in [4.78, 5) is 13.2. The van der Waals surface area contributed by atoms with E-state index in [1.165, 1.54) is 0 Å². The van der Waals surface area contributed by atoms with Crippen LogP contribution in [0, 0.1) is 0 Å². The molecule has 0 radical (unpaired) electrons. The number of rotatable bonds is 3. The maximum atomic E-state index is 11.5. The first kappa shape index (κ1) is 12.0. The van der Waals surface area contributed by atoms with E-state index in [9.17, 15) is 4.79 Å². The quantitative estimate of drug-likeness (QED) is 0.719. The van der Waals surface area contributed by atoms with Gasteiger partial charge in [-0.05, 0) is 20.8 Å². The second kappa shape index (κ2) is 4.66. The first-order chi connectivity index (χ1) is 6.92. The van der Waals surface area contributed by atoms with E-state index in [2.05, 4.69) is 11.9 Å². The molecule has 1 aliphatic rings. The molecule has 4 heteroatoms. The smallest absolute Gasteiger partial charge is 0.410 e. The minimum absolute atomic E-state index is 0.223. The van der Waals surface area contributed by atoms with Crippen molar-refractivity contribution in [2.24, 2.45) is 0 Å². The number of hydrogen-bond donors (Lipinski definition) is 1. The van der Waals surface area contributed by atoms with Crippen molar-refractivity contribution < 1.29 is 9.53 Å². The standard InChI is InChI=1S/C11H20N2O2/c1-5-6-12-9-7-13(8-9)10(14)15-11(2,3)4/h5,9,12H,1,6-8H2,2-4H3. The Hall–Kier alpha value is -1.03. The van der Waals surface area contributed by atoms with Crippen LogP contribution in [0.5, 0.6) is 0 Å². The van der Waals surface area contributed by atoms with Crippen LogP contribution in [0.25, 0.3) is 0 Å². The molecule has 0 aliphatic carbocycles. The molecule has 1 heterocycles. The van der Waals surface area contributed by atoms with Crippen LogP contribution in [0.3, 0.4) is 0 Å². The van der Waals surface area contributed by atoms with E-state index in [-0.39, 0.29) is 6.09 Å². The highest BCUT2D eigenvalue weighted by Crippen LogP contribution is 2.14. The fourth-order valence-electron chi connectivity index (χ4n) is 1.33. The van der Waals surface area contributed by atoms with Gasteiger partial charge in [0.25, 0.3) is 0 Å². The lowest BCUT2D eigenvalue weighted by molar-refractivity contribution is 0.00570. The van der Waals surface area contributed by atoms with Crippen LogP contribution in [0.15, 0.2) is 12.7 Å². The van der Waals surface area contributed by atoms with E-state index in [0.29, 0.717) is 6.04 Å². The van der Waals surface area contributed by atoms with Crippen LogP contribution in [0.4, 0.5) is 4.79 Å². The van der Waals surface area contributed by atoms with Gasteiger partial charge in [0, 0.05) is 25.7 Å². The summed E-state index contributed by atoms with van der Waals surface area (Å²) in [5.74, 6) is 0. The number of nitrogens with one attached hydrogen (secondary N) is 1. The Kier molecular flexibility index (Phi) is 3.74. The molecule has 1 amide bonds. The molecule has 0 saturated carbocycles. The first-order valence-electron chi connectivity index (χ1n) is 5.24. The van der Waals surface area contributed by atoms with Crippen molar-refractivity contribution in [2.45, 2.75) is 32.4 Å². The summed E-state index contributed by atoms with van der Waals surface area (Å²) in [5.41, 5.74) is -0.406. The number of carbonyl (C=O) groups excluding carboxylic acids is 1. The van der Waals surface area contributed by atoms with Crippen molar-refractivity contribution in [3.8, 4) is 0 Å². The van der Waals surface area contributed by atoms with Gasteiger partial charge >= 0.3 is 6.09 Å². The Morgan fingerprint density at radius 2 is 2.20 bits per heavy atom. The molecule has 0 unspecified atom stereocenters. The fourth-order valence-corrected chi connectivity index (χ4v) is 1.33. The molecule has 1 saturated heterocycles.